The highest BCUT2D eigenvalue weighted by Gasteiger charge is 2.06. The maximum atomic E-state index is 3.91. The van der Waals surface area contributed by atoms with Gasteiger partial charge in [-0.05, 0) is 30.8 Å². The fourth-order valence-corrected chi connectivity index (χ4v) is 0.967. The van der Waals surface area contributed by atoms with Gasteiger partial charge in [-0.15, -0.1) is 5.10 Å². The Bertz CT molecular complexity index is 229. The normalized spacial score (nSPS) is 11.0. The van der Waals surface area contributed by atoms with Gasteiger partial charge < -0.3 is 5.32 Å². The Hall–Kier alpha value is -0.970. The van der Waals surface area contributed by atoms with Crippen molar-refractivity contribution in [3.8, 4) is 0 Å². The topological polar surface area (TPSA) is 55.6 Å². The van der Waals surface area contributed by atoms with Crippen molar-refractivity contribution in [2.45, 2.75) is 33.4 Å². The smallest absolute Gasteiger partial charge is 0.165 e. The van der Waals surface area contributed by atoms with Crippen LogP contribution < -0.4 is 5.32 Å². The van der Waals surface area contributed by atoms with Crippen molar-refractivity contribution >= 4 is 0 Å². The molecule has 0 bridgehead atoms. The van der Waals surface area contributed by atoms with Crippen LogP contribution in [0.1, 0.15) is 32.6 Å². The fraction of sp³-hybridized carbons (Fsp3) is 0.857. The SMILES string of the molecule is CCNCc1nnnn1C(C)C. The van der Waals surface area contributed by atoms with Crippen LogP contribution >= 0.6 is 0 Å². The first-order chi connectivity index (χ1) is 5.75. The summed E-state index contributed by atoms with van der Waals surface area (Å²) in [6.07, 6.45) is 0. The van der Waals surface area contributed by atoms with Crippen molar-refractivity contribution in [2.75, 3.05) is 6.54 Å². The third-order valence-electron chi connectivity index (χ3n) is 1.58. The predicted molar refractivity (Wildman–Crippen MR) is 45.6 cm³/mol. The largest absolute Gasteiger partial charge is 0.310 e. The summed E-state index contributed by atoms with van der Waals surface area (Å²) in [7, 11) is 0. The Morgan fingerprint density at radius 3 is 2.83 bits per heavy atom. The lowest BCUT2D eigenvalue weighted by Crippen LogP contribution is -2.17. The maximum Gasteiger partial charge on any atom is 0.165 e. The summed E-state index contributed by atoms with van der Waals surface area (Å²) in [5.74, 6) is 0.895. The zero-order valence-electron chi connectivity index (χ0n) is 7.78. The molecule has 68 valence electrons. The first kappa shape index (κ1) is 9.12. The van der Waals surface area contributed by atoms with E-state index in [0.717, 1.165) is 18.9 Å². The number of nitrogens with one attached hydrogen (secondary N) is 1. The molecule has 0 spiro atoms. The van der Waals surface area contributed by atoms with Crippen molar-refractivity contribution < 1.29 is 0 Å². The molecule has 1 rings (SSSR count). The zero-order chi connectivity index (χ0) is 8.97. The molecule has 0 fully saturated rings. The van der Waals surface area contributed by atoms with Crippen LogP contribution in [0.15, 0.2) is 0 Å². The van der Waals surface area contributed by atoms with Crippen molar-refractivity contribution in [2.24, 2.45) is 0 Å². The van der Waals surface area contributed by atoms with Gasteiger partial charge in [-0.25, -0.2) is 4.68 Å². The lowest BCUT2D eigenvalue weighted by Gasteiger charge is -2.06. The Balaban J connectivity index is 2.64. The summed E-state index contributed by atoms with van der Waals surface area (Å²) >= 11 is 0. The fourth-order valence-electron chi connectivity index (χ4n) is 0.967. The second-order valence-corrected chi connectivity index (χ2v) is 2.91. The van der Waals surface area contributed by atoms with Crippen LogP contribution in [0.2, 0.25) is 0 Å². The molecule has 0 aliphatic heterocycles. The number of hydrogen-bond acceptors (Lipinski definition) is 4. The molecule has 12 heavy (non-hydrogen) atoms. The first-order valence-electron chi connectivity index (χ1n) is 4.23. The molecule has 1 aromatic heterocycles. The quantitative estimate of drug-likeness (QED) is 0.707. The first-order valence-corrected chi connectivity index (χ1v) is 4.23. The minimum absolute atomic E-state index is 0.327. The average molecular weight is 169 g/mol. The Morgan fingerprint density at radius 2 is 2.25 bits per heavy atom. The van der Waals surface area contributed by atoms with Gasteiger partial charge in [-0.2, -0.15) is 0 Å². The third-order valence-corrected chi connectivity index (χ3v) is 1.58. The zero-order valence-corrected chi connectivity index (χ0v) is 7.78. The number of hydrogen-bond donors (Lipinski definition) is 1. The van der Waals surface area contributed by atoms with E-state index >= 15 is 0 Å². The molecule has 0 aliphatic rings. The molecule has 0 saturated heterocycles. The molecule has 0 amide bonds. The second-order valence-electron chi connectivity index (χ2n) is 2.91. The van der Waals surface area contributed by atoms with Gasteiger partial charge in [0.2, 0.25) is 0 Å². The van der Waals surface area contributed by atoms with E-state index in [2.05, 4.69) is 41.6 Å². The van der Waals surface area contributed by atoms with Gasteiger partial charge in [-0.1, -0.05) is 6.92 Å². The molecule has 0 aromatic carbocycles. The van der Waals surface area contributed by atoms with Gasteiger partial charge in [0.25, 0.3) is 0 Å². The standard InChI is InChI=1S/C7H15N5/c1-4-8-5-7-9-10-11-12(7)6(2)3/h6,8H,4-5H2,1-3H3. The molecule has 5 nitrogen and oxygen atoms in total. The van der Waals surface area contributed by atoms with Crippen LogP contribution in [0.25, 0.3) is 0 Å². The van der Waals surface area contributed by atoms with Crippen LogP contribution in [-0.4, -0.2) is 26.8 Å². The van der Waals surface area contributed by atoms with Crippen LogP contribution in [-0.2, 0) is 6.54 Å². The van der Waals surface area contributed by atoms with E-state index in [-0.39, 0.29) is 0 Å². The minimum atomic E-state index is 0.327. The lowest BCUT2D eigenvalue weighted by atomic mass is 10.4. The Kier molecular flexibility index (Phi) is 3.16. The van der Waals surface area contributed by atoms with Gasteiger partial charge in [-0.3, -0.25) is 0 Å². The monoisotopic (exact) mass is 169 g/mol. The molecule has 0 unspecified atom stereocenters. The van der Waals surface area contributed by atoms with E-state index in [1.165, 1.54) is 0 Å². The molecule has 1 heterocycles. The summed E-state index contributed by atoms with van der Waals surface area (Å²) in [5.41, 5.74) is 0. The average Bonchev–Trinajstić information content (AvgIpc) is 2.48. The van der Waals surface area contributed by atoms with Crippen molar-refractivity contribution in [1.82, 2.24) is 25.5 Å². The lowest BCUT2D eigenvalue weighted by molar-refractivity contribution is 0.483. The number of aromatic nitrogens is 4. The van der Waals surface area contributed by atoms with E-state index in [1.54, 1.807) is 0 Å². The molecular formula is C7H15N5. The summed E-state index contributed by atoms with van der Waals surface area (Å²) in [5, 5.41) is 14.6. The highest BCUT2D eigenvalue weighted by Crippen LogP contribution is 2.02. The van der Waals surface area contributed by atoms with E-state index in [1.807, 2.05) is 4.68 Å². The van der Waals surface area contributed by atoms with Crippen molar-refractivity contribution in [3.63, 3.8) is 0 Å². The van der Waals surface area contributed by atoms with Crippen molar-refractivity contribution in [3.05, 3.63) is 5.82 Å². The Labute approximate surface area is 72.2 Å². The molecule has 0 atom stereocenters. The third kappa shape index (κ3) is 2.01. The second kappa shape index (κ2) is 4.15. The molecule has 0 radical (unpaired) electrons. The molecular weight excluding hydrogens is 154 g/mol. The van der Waals surface area contributed by atoms with Gasteiger partial charge in [0.1, 0.15) is 0 Å². The van der Waals surface area contributed by atoms with E-state index in [9.17, 15) is 0 Å². The van der Waals surface area contributed by atoms with Crippen LogP contribution in [0.4, 0.5) is 0 Å². The maximum absolute atomic E-state index is 3.91. The van der Waals surface area contributed by atoms with Gasteiger partial charge in [0, 0.05) is 0 Å². The number of nitrogens with zero attached hydrogens (tertiary/aromatic N) is 4. The highest BCUT2D eigenvalue weighted by atomic mass is 15.5. The summed E-state index contributed by atoms with van der Waals surface area (Å²) in [6.45, 7) is 7.85. The number of tetrazole rings is 1. The van der Waals surface area contributed by atoms with E-state index in [0.29, 0.717) is 6.04 Å². The van der Waals surface area contributed by atoms with Crippen molar-refractivity contribution in [1.29, 1.82) is 0 Å². The highest BCUT2D eigenvalue weighted by molar-refractivity contribution is 4.81. The van der Waals surface area contributed by atoms with Gasteiger partial charge >= 0.3 is 0 Å². The van der Waals surface area contributed by atoms with Crippen LogP contribution in [0, 0.1) is 0 Å². The molecule has 1 N–H and O–H groups in total. The minimum Gasteiger partial charge on any atom is -0.310 e. The summed E-state index contributed by atoms with van der Waals surface area (Å²) < 4.78 is 1.82. The summed E-state index contributed by atoms with van der Waals surface area (Å²) in [4.78, 5) is 0. The molecule has 0 saturated carbocycles. The van der Waals surface area contributed by atoms with E-state index < -0.39 is 0 Å². The predicted octanol–water partition coefficient (Wildman–Crippen LogP) is 0.363. The van der Waals surface area contributed by atoms with Crippen LogP contribution in [0.3, 0.4) is 0 Å². The molecule has 1 aromatic rings. The molecule has 0 aliphatic carbocycles. The van der Waals surface area contributed by atoms with E-state index in [4.69, 9.17) is 0 Å². The molecule has 5 heteroatoms. The number of rotatable bonds is 4. The summed E-state index contributed by atoms with van der Waals surface area (Å²) in [6, 6.07) is 0.327. The van der Waals surface area contributed by atoms with Gasteiger partial charge in [0.05, 0.1) is 12.6 Å². The van der Waals surface area contributed by atoms with Gasteiger partial charge in [0.15, 0.2) is 5.82 Å². The van der Waals surface area contributed by atoms with Crippen LogP contribution in [0.5, 0.6) is 0 Å². The Morgan fingerprint density at radius 1 is 1.50 bits per heavy atom.